The van der Waals surface area contributed by atoms with Crippen LogP contribution in [0.15, 0.2) is 24.3 Å². The van der Waals surface area contributed by atoms with E-state index in [1.54, 1.807) is 0 Å². The van der Waals surface area contributed by atoms with E-state index in [1.807, 2.05) is 45.0 Å². The fraction of sp³-hybridized carbons (Fsp3) is 0.353. The second-order valence-electron chi connectivity index (χ2n) is 5.15. The third-order valence-corrected chi connectivity index (χ3v) is 3.75. The van der Waals surface area contributed by atoms with E-state index < -0.39 is 0 Å². The molecule has 0 aliphatic rings. The van der Waals surface area contributed by atoms with Crippen molar-refractivity contribution in [3.05, 3.63) is 51.9 Å². The predicted octanol–water partition coefficient (Wildman–Crippen LogP) is 3.36. The largest absolute Gasteiger partial charge is 0.366 e. The Hall–Kier alpha value is -2.14. The summed E-state index contributed by atoms with van der Waals surface area (Å²) in [7, 11) is 0. The van der Waals surface area contributed by atoms with Gasteiger partial charge in [0.2, 0.25) is 0 Å². The normalized spacial score (nSPS) is 10.4. The topological polar surface area (TPSA) is 66.9 Å². The van der Waals surface area contributed by atoms with E-state index in [0.29, 0.717) is 29.6 Å². The lowest BCUT2D eigenvalue weighted by atomic mass is 10.1. The minimum absolute atomic E-state index is 0.0570. The van der Waals surface area contributed by atoms with E-state index in [9.17, 15) is 4.79 Å². The number of hydrogen-bond acceptors (Lipinski definition) is 4. The van der Waals surface area contributed by atoms with Gasteiger partial charge in [-0.15, -0.1) is 0 Å². The Morgan fingerprint density at radius 1 is 1.17 bits per heavy atom. The zero-order valence-electron chi connectivity index (χ0n) is 13.6. The number of carbonyl (C=O) groups excluding carboxylic acids is 1. The van der Waals surface area contributed by atoms with E-state index in [-0.39, 0.29) is 5.91 Å². The molecule has 2 N–H and O–H groups in total. The predicted molar refractivity (Wildman–Crippen MR) is 92.9 cm³/mol. The number of nitrogens with zero attached hydrogens (tertiary/aromatic N) is 2. The minimum Gasteiger partial charge on any atom is -0.366 e. The molecular weight excluding hydrogens is 312 g/mol. The molecule has 23 heavy (non-hydrogen) atoms. The summed E-state index contributed by atoms with van der Waals surface area (Å²) in [6.07, 6.45) is 0.761. The summed E-state index contributed by atoms with van der Waals surface area (Å²) in [4.78, 5) is 20.3. The Labute approximate surface area is 141 Å². The monoisotopic (exact) mass is 332 g/mol. The number of halogens is 1. The van der Waals surface area contributed by atoms with Crippen molar-refractivity contribution in [2.45, 2.75) is 33.7 Å². The summed E-state index contributed by atoms with van der Waals surface area (Å²) < 4.78 is 0. The number of hydrogen-bond donors (Lipinski definition) is 2. The maximum atomic E-state index is 11.7. The third-order valence-electron chi connectivity index (χ3n) is 3.44. The summed E-state index contributed by atoms with van der Waals surface area (Å²) >= 11 is 6.17. The summed E-state index contributed by atoms with van der Waals surface area (Å²) in [5, 5.41) is 6.57. The Morgan fingerprint density at radius 3 is 2.48 bits per heavy atom. The molecule has 122 valence electrons. The standard InChI is InChI=1S/C17H21ClN4O/c1-4-14-15(18)21-11(3)22-16(14)20-10-12-6-8-13(9-7-12)17(23)19-5-2/h6-9H,4-5,10H2,1-3H3,(H,19,23)(H,20,21,22). The van der Waals surface area contributed by atoms with Gasteiger partial charge in [0, 0.05) is 24.2 Å². The number of benzene rings is 1. The van der Waals surface area contributed by atoms with Crippen LogP contribution in [0.1, 0.15) is 41.2 Å². The second kappa shape index (κ2) is 7.92. The molecule has 1 heterocycles. The molecule has 0 saturated heterocycles. The number of carbonyl (C=O) groups is 1. The van der Waals surface area contributed by atoms with Crippen molar-refractivity contribution in [1.82, 2.24) is 15.3 Å². The van der Waals surface area contributed by atoms with Gasteiger partial charge in [-0.25, -0.2) is 9.97 Å². The minimum atomic E-state index is -0.0570. The van der Waals surface area contributed by atoms with Gasteiger partial charge in [0.1, 0.15) is 16.8 Å². The van der Waals surface area contributed by atoms with Crippen LogP contribution in [-0.4, -0.2) is 22.4 Å². The Morgan fingerprint density at radius 2 is 1.87 bits per heavy atom. The van der Waals surface area contributed by atoms with Crippen LogP contribution in [0, 0.1) is 6.92 Å². The highest BCUT2D eigenvalue weighted by Crippen LogP contribution is 2.22. The molecule has 0 atom stereocenters. The highest BCUT2D eigenvalue weighted by molar-refractivity contribution is 6.30. The lowest BCUT2D eigenvalue weighted by molar-refractivity contribution is 0.0956. The van der Waals surface area contributed by atoms with Crippen molar-refractivity contribution >= 4 is 23.3 Å². The van der Waals surface area contributed by atoms with Crippen LogP contribution in [0.2, 0.25) is 5.15 Å². The lowest BCUT2D eigenvalue weighted by Crippen LogP contribution is -2.22. The molecule has 0 aliphatic heterocycles. The molecule has 0 aliphatic carbocycles. The highest BCUT2D eigenvalue weighted by atomic mass is 35.5. The quantitative estimate of drug-likeness (QED) is 0.796. The number of aryl methyl sites for hydroxylation is 1. The first kappa shape index (κ1) is 17.2. The van der Waals surface area contributed by atoms with Gasteiger partial charge in [0.25, 0.3) is 5.91 Å². The van der Waals surface area contributed by atoms with Crippen LogP contribution in [-0.2, 0) is 13.0 Å². The molecule has 0 saturated carbocycles. The SMILES string of the molecule is CCNC(=O)c1ccc(CNc2nc(C)nc(Cl)c2CC)cc1. The van der Waals surface area contributed by atoms with Gasteiger partial charge in [-0.05, 0) is 38.0 Å². The van der Waals surface area contributed by atoms with Crippen molar-refractivity contribution in [2.24, 2.45) is 0 Å². The smallest absolute Gasteiger partial charge is 0.251 e. The van der Waals surface area contributed by atoms with Crippen molar-refractivity contribution < 1.29 is 4.79 Å². The molecule has 6 heteroatoms. The lowest BCUT2D eigenvalue weighted by Gasteiger charge is -2.12. The van der Waals surface area contributed by atoms with Gasteiger partial charge in [-0.1, -0.05) is 30.7 Å². The molecular formula is C17H21ClN4O. The number of aromatic nitrogens is 2. The zero-order chi connectivity index (χ0) is 16.8. The van der Waals surface area contributed by atoms with E-state index in [4.69, 9.17) is 11.6 Å². The van der Waals surface area contributed by atoms with Gasteiger partial charge in [0.05, 0.1) is 0 Å². The molecule has 1 aromatic carbocycles. The molecule has 0 radical (unpaired) electrons. The first-order valence-electron chi connectivity index (χ1n) is 7.69. The molecule has 0 unspecified atom stereocenters. The van der Waals surface area contributed by atoms with E-state index in [1.165, 1.54) is 0 Å². The van der Waals surface area contributed by atoms with E-state index in [0.717, 1.165) is 23.4 Å². The van der Waals surface area contributed by atoms with E-state index >= 15 is 0 Å². The second-order valence-corrected chi connectivity index (χ2v) is 5.51. The first-order valence-corrected chi connectivity index (χ1v) is 8.07. The average Bonchev–Trinajstić information content (AvgIpc) is 2.53. The summed E-state index contributed by atoms with van der Waals surface area (Å²) in [6.45, 7) is 6.96. The fourth-order valence-corrected chi connectivity index (χ4v) is 2.59. The van der Waals surface area contributed by atoms with Gasteiger partial charge in [-0.2, -0.15) is 0 Å². The van der Waals surface area contributed by atoms with Gasteiger partial charge >= 0.3 is 0 Å². The van der Waals surface area contributed by atoms with Crippen LogP contribution in [0.4, 0.5) is 5.82 Å². The van der Waals surface area contributed by atoms with Gasteiger partial charge in [0.15, 0.2) is 0 Å². The molecule has 0 bridgehead atoms. The molecule has 2 aromatic rings. The van der Waals surface area contributed by atoms with Crippen LogP contribution in [0.3, 0.4) is 0 Å². The van der Waals surface area contributed by atoms with Crippen LogP contribution in [0.25, 0.3) is 0 Å². The summed E-state index contributed by atoms with van der Waals surface area (Å²) in [5.74, 6) is 1.34. The van der Waals surface area contributed by atoms with Crippen LogP contribution < -0.4 is 10.6 Å². The zero-order valence-corrected chi connectivity index (χ0v) is 14.4. The summed E-state index contributed by atoms with van der Waals surface area (Å²) in [5.41, 5.74) is 2.63. The van der Waals surface area contributed by atoms with Gasteiger partial charge < -0.3 is 10.6 Å². The number of amides is 1. The van der Waals surface area contributed by atoms with E-state index in [2.05, 4.69) is 20.6 Å². The number of anilines is 1. The van der Waals surface area contributed by atoms with Gasteiger partial charge in [-0.3, -0.25) is 4.79 Å². The first-order chi connectivity index (χ1) is 11.0. The van der Waals surface area contributed by atoms with Crippen LogP contribution >= 0.6 is 11.6 Å². The molecule has 0 spiro atoms. The number of rotatable bonds is 6. The molecule has 2 rings (SSSR count). The Balaban J connectivity index is 2.08. The molecule has 1 aromatic heterocycles. The summed E-state index contributed by atoms with van der Waals surface area (Å²) in [6, 6.07) is 7.50. The maximum absolute atomic E-state index is 11.7. The van der Waals surface area contributed by atoms with Crippen molar-refractivity contribution in [3.63, 3.8) is 0 Å². The Bertz CT molecular complexity index is 686. The van der Waals surface area contributed by atoms with Crippen molar-refractivity contribution in [3.8, 4) is 0 Å². The molecule has 5 nitrogen and oxygen atoms in total. The average molecular weight is 333 g/mol. The third kappa shape index (κ3) is 4.42. The fourth-order valence-electron chi connectivity index (χ4n) is 2.24. The molecule has 0 fully saturated rings. The van der Waals surface area contributed by atoms with Crippen molar-refractivity contribution in [2.75, 3.05) is 11.9 Å². The highest BCUT2D eigenvalue weighted by Gasteiger charge is 2.10. The number of nitrogens with one attached hydrogen (secondary N) is 2. The Kier molecular flexibility index (Phi) is 5.93. The van der Waals surface area contributed by atoms with Crippen molar-refractivity contribution in [1.29, 1.82) is 0 Å². The van der Waals surface area contributed by atoms with Crippen LogP contribution in [0.5, 0.6) is 0 Å². The molecule has 1 amide bonds. The maximum Gasteiger partial charge on any atom is 0.251 e.